The van der Waals surface area contributed by atoms with Crippen molar-refractivity contribution in [2.45, 2.75) is 25.3 Å². The number of carbonyl (C=O) groups excluding carboxylic acids is 1. The monoisotopic (exact) mass is 278 g/mol. The Morgan fingerprint density at radius 1 is 1.53 bits per heavy atom. The number of hydrogen-bond acceptors (Lipinski definition) is 3. The van der Waals surface area contributed by atoms with Gasteiger partial charge in [0.25, 0.3) is 0 Å². The molecule has 1 aromatic heterocycles. The van der Waals surface area contributed by atoms with Gasteiger partial charge in [0.1, 0.15) is 0 Å². The van der Waals surface area contributed by atoms with Gasteiger partial charge in [-0.3, -0.25) is 4.79 Å². The number of nitrogens with one attached hydrogen (secondary N) is 1. The average molecular weight is 278 g/mol. The number of nitrogens with zero attached hydrogens (tertiary/aromatic N) is 1. The van der Waals surface area contributed by atoms with Gasteiger partial charge in [-0.05, 0) is 44.8 Å². The van der Waals surface area contributed by atoms with E-state index in [1.807, 2.05) is 0 Å². The number of hydrogen-bond donors (Lipinski definition) is 1. The van der Waals surface area contributed by atoms with Crippen LogP contribution in [0.5, 0.6) is 0 Å². The van der Waals surface area contributed by atoms with E-state index in [4.69, 9.17) is 0 Å². The molecule has 1 aromatic rings. The van der Waals surface area contributed by atoms with E-state index in [0.717, 1.165) is 19.3 Å². The molecule has 0 aliphatic heterocycles. The molecule has 0 saturated heterocycles. The Bertz CT molecular complexity index is 425. The predicted molar refractivity (Wildman–Crippen MR) is 80.2 cm³/mol. The second kappa shape index (κ2) is 6.87. The van der Waals surface area contributed by atoms with Crippen molar-refractivity contribution < 1.29 is 4.79 Å². The number of likely N-dealkylation sites (N-methyl/N-ethyl adjacent to an activating group) is 1. The number of thiophene rings is 1. The van der Waals surface area contributed by atoms with E-state index in [9.17, 15) is 4.79 Å². The van der Waals surface area contributed by atoms with Gasteiger partial charge in [-0.2, -0.15) is 0 Å². The third kappa shape index (κ3) is 3.91. The molecule has 0 fully saturated rings. The van der Waals surface area contributed by atoms with Crippen LogP contribution >= 0.6 is 11.3 Å². The highest BCUT2D eigenvalue weighted by Gasteiger charge is 2.21. The zero-order valence-electron chi connectivity index (χ0n) is 11.6. The Balaban J connectivity index is 1.88. The quantitative estimate of drug-likeness (QED) is 0.840. The van der Waals surface area contributed by atoms with E-state index >= 15 is 0 Å². The van der Waals surface area contributed by atoms with Gasteiger partial charge in [-0.1, -0.05) is 18.2 Å². The molecule has 1 heterocycles. The van der Waals surface area contributed by atoms with Gasteiger partial charge < -0.3 is 10.2 Å². The minimum Gasteiger partial charge on any atom is -0.354 e. The van der Waals surface area contributed by atoms with Crippen LogP contribution in [-0.4, -0.2) is 31.4 Å². The second-order valence-corrected chi connectivity index (χ2v) is 6.20. The van der Waals surface area contributed by atoms with Crippen LogP contribution in [0, 0.1) is 5.92 Å². The van der Waals surface area contributed by atoms with E-state index in [1.54, 1.807) is 11.3 Å². The summed E-state index contributed by atoms with van der Waals surface area (Å²) in [5.41, 5.74) is 0. The summed E-state index contributed by atoms with van der Waals surface area (Å²) in [6.07, 6.45) is 7.18. The Kier molecular flexibility index (Phi) is 5.16. The average Bonchev–Trinajstić information content (AvgIpc) is 2.93. The lowest BCUT2D eigenvalue weighted by molar-refractivity contribution is -0.125. The molecule has 0 unspecified atom stereocenters. The first-order valence-electron chi connectivity index (χ1n) is 6.81. The van der Waals surface area contributed by atoms with Crippen molar-refractivity contribution in [2.75, 3.05) is 20.6 Å². The Labute approximate surface area is 119 Å². The van der Waals surface area contributed by atoms with E-state index in [1.165, 1.54) is 4.88 Å². The molecule has 1 amide bonds. The molecule has 19 heavy (non-hydrogen) atoms. The molecule has 104 valence electrons. The molecule has 3 nitrogen and oxygen atoms in total. The third-order valence-corrected chi connectivity index (χ3v) is 4.58. The van der Waals surface area contributed by atoms with E-state index in [0.29, 0.717) is 6.54 Å². The number of rotatable bonds is 5. The van der Waals surface area contributed by atoms with Gasteiger partial charge in [0.05, 0.1) is 6.04 Å². The van der Waals surface area contributed by atoms with Crippen LogP contribution in [0.2, 0.25) is 0 Å². The maximum absolute atomic E-state index is 12.1. The first-order chi connectivity index (χ1) is 9.18. The number of allylic oxidation sites excluding steroid dienone is 2. The normalized spacial score (nSPS) is 20.5. The number of carbonyl (C=O) groups is 1. The summed E-state index contributed by atoms with van der Waals surface area (Å²) >= 11 is 1.74. The molecular formula is C15H22N2OS. The Morgan fingerprint density at radius 2 is 2.37 bits per heavy atom. The summed E-state index contributed by atoms with van der Waals surface area (Å²) < 4.78 is 0. The lowest BCUT2D eigenvalue weighted by Gasteiger charge is -2.25. The summed E-state index contributed by atoms with van der Waals surface area (Å²) in [6, 6.07) is 4.46. The molecular weight excluding hydrogens is 256 g/mol. The Morgan fingerprint density at radius 3 is 2.95 bits per heavy atom. The van der Waals surface area contributed by atoms with Gasteiger partial charge in [0.15, 0.2) is 0 Å². The van der Waals surface area contributed by atoms with Crippen molar-refractivity contribution in [3.63, 3.8) is 0 Å². The first kappa shape index (κ1) is 14.3. The second-order valence-electron chi connectivity index (χ2n) is 5.22. The molecule has 0 saturated carbocycles. The van der Waals surface area contributed by atoms with E-state index in [2.05, 4.69) is 54.0 Å². The molecule has 1 aliphatic rings. The van der Waals surface area contributed by atoms with Crippen LogP contribution in [0.25, 0.3) is 0 Å². The van der Waals surface area contributed by atoms with Crippen LogP contribution in [0.3, 0.4) is 0 Å². The fourth-order valence-electron chi connectivity index (χ4n) is 2.39. The molecule has 2 atom stereocenters. The van der Waals surface area contributed by atoms with Gasteiger partial charge in [0, 0.05) is 17.3 Å². The zero-order valence-corrected chi connectivity index (χ0v) is 12.5. The van der Waals surface area contributed by atoms with Crippen molar-refractivity contribution in [3.05, 3.63) is 34.5 Å². The summed E-state index contributed by atoms with van der Waals surface area (Å²) in [5, 5.41) is 5.20. The fraction of sp³-hybridized carbons (Fsp3) is 0.533. The standard InChI is InChI=1S/C15H22N2OS/c1-17(2)13(14-9-6-10-19-14)11-16-15(18)12-7-4-3-5-8-12/h3-4,6,9-10,12-13H,5,7-8,11H2,1-2H3,(H,16,18)/t12-,13-/m0/s1. The highest BCUT2D eigenvalue weighted by molar-refractivity contribution is 7.10. The molecule has 2 rings (SSSR count). The molecule has 0 bridgehead atoms. The summed E-state index contributed by atoms with van der Waals surface area (Å²) in [4.78, 5) is 15.6. The van der Waals surface area contributed by atoms with Crippen LogP contribution in [0.4, 0.5) is 0 Å². The van der Waals surface area contributed by atoms with Crippen LogP contribution in [0.1, 0.15) is 30.2 Å². The van der Waals surface area contributed by atoms with Crippen molar-refractivity contribution in [1.82, 2.24) is 10.2 Å². The topological polar surface area (TPSA) is 32.3 Å². The molecule has 0 radical (unpaired) electrons. The van der Waals surface area contributed by atoms with E-state index < -0.39 is 0 Å². The largest absolute Gasteiger partial charge is 0.354 e. The summed E-state index contributed by atoms with van der Waals surface area (Å²) in [5.74, 6) is 0.365. The first-order valence-corrected chi connectivity index (χ1v) is 7.69. The number of amides is 1. The van der Waals surface area contributed by atoms with Crippen molar-refractivity contribution in [2.24, 2.45) is 5.92 Å². The van der Waals surface area contributed by atoms with Crippen molar-refractivity contribution >= 4 is 17.2 Å². The van der Waals surface area contributed by atoms with Crippen LogP contribution < -0.4 is 5.32 Å². The predicted octanol–water partition coefficient (Wildman–Crippen LogP) is 2.82. The lowest BCUT2D eigenvalue weighted by atomic mass is 9.93. The summed E-state index contributed by atoms with van der Waals surface area (Å²) in [7, 11) is 4.11. The smallest absolute Gasteiger partial charge is 0.223 e. The minimum absolute atomic E-state index is 0.163. The van der Waals surface area contributed by atoms with Crippen LogP contribution in [0.15, 0.2) is 29.7 Å². The summed E-state index contributed by atoms with van der Waals surface area (Å²) in [6.45, 7) is 0.687. The van der Waals surface area contributed by atoms with Gasteiger partial charge in [0.2, 0.25) is 5.91 Å². The maximum atomic E-state index is 12.1. The molecule has 1 aliphatic carbocycles. The van der Waals surface area contributed by atoms with Gasteiger partial charge in [-0.25, -0.2) is 0 Å². The van der Waals surface area contributed by atoms with Crippen LogP contribution in [-0.2, 0) is 4.79 Å². The SMILES string of the molecule is CN(C)[C@@H](CNC(=O)[C@H]1CC=CCC1)c1cccs1. The van der Waals surface area contributed by atoms with Crippen molar-refractivity contribution in [1.29, 1.82) is 0 Å². The highest BCUT2D eigenvalue weighted by atomic mass is 32.1. The minimum atomic E-state index is 0.163. The molecule has 1 N–H and O–H groups in total. The fourth-order valence-corrected chi connectivity index (χ4v) is 3.31. The lowest BCUT2D eigenvalue weighted by Crippen LogP contribution is -2.37. The molecule has 0 aromatic carbocycles. The highest BCUT2D eigenvalue weighted by Crippen LogP contribution is 2.23. The van der Waals surface area contributed by atoms with Gasteiger partial charge in [-0.15, -0.1) is 11.3 Å². The third-order valence-electron chi connectivity index (χ3n) is 3.60. The molecule has 0 spiro atoms. The van der Waals surface area contributed by atoms with Crippen molar-refractivity contribution in [3.8, 4) is 0 Å². The Hall–Kier alpha value is -1.13. The van der Waals surface area contributed by atoms with Gasteiger partial charge >= 0.3 is 0 Å². The molecule has 4 heteroatoms. The maximum Gasteiger partial charge on any atom is 0.223 e. The van der Waals surface area contributed by atoms with E-state index in [-0.39, 0.29) is 17.9 Å². The zero-order chi connectivity index (χ0) is 13.7.